The van der Waals surface area contributed by atoms with Crippen molar-refractivity contribution in [3.63, 3.8) is 0 Å². The Bertz CT molecular complexity index is 339. The number of nitrogens with one attached hydrogen (secondary N) is 1. The van der Waals surface area contributed by atoms with Gasteiger partial charge in [-0.2, -0.15) is 0 Å². The van der Waals surface area contributed by atoms with E-state index in [9.17, 15) is 9.90 Å². The second-order valence-corrected chi connectivity index (χ2v) is 3.43. The maximum Gasteiger partial charge on any atom is 0.241 e. The van der Waals surface area contributed by atoms with Crippen molar-refractivity contribution in [2.24, 2.45) is 5.73 Å². The van der Waals surface area contributed by atoms with Gasteiger partial charge in [-0.1, -0.05) is 19.4 Å². The van der Waals surface area contributed by atoms with Gasteiger partial charge in [0.25, 0.3) is 0 Å². The number of anilines is 1. The molecule has 0 aromatic heterocycles. The third-order valence-corrected chi connectivity index (χ3v) is 2.05. The maximum atomic E-state index is 11.5. The molecule has 0 saturated heterocycles. The first-order chi connectivity index (χ1) is 7.13. The minimum Gasteiger partial charge on any atom is -0.508 e. The van der Waals surface area contributed by atoms with Gasteiger partial charge < -0.3 is 16.2 Å². The highest BCUT2D eigenvalue weighted by atomic mass is 16.3. The first kappa shape index (κ1) is 11.5. The van der Waals surface area contributed by atoms with Crippen molar-refractivity contribution in [3.05, 3.63) is 24.3 Å². The summed E-state index contributed by atoms with van der Waals surface area (Å²) in [5.41, 5.74) is 6.20. The van der Waals surface area contributed by atoms with Crippen molar-refractivity contribution < 1.29 is 9.90 Å². The molecule has 1 amide bonds. The molecule has 0 saturated carbocycles. The average Bonchev–Trinajstić information content (AvgIpc) is 2.18. The zero-order chi connectivity index (χ0) is 11.3. The van der Waals surface area contributed by atoms with Gasteiger partial charge in [0.05, 0.1) is 6.04 Å². The highest BCUT2D eigenvalue weighted by molar-refractivity contribution is 5.94. The molecular formula is C11H16N2O2. The largest absolute Gasteiger partial charge is 0.508 e. The summed E-state index contributed by atoms with van der Waals surface area (Å²) in [4.78, 5) is 11.5. The predicted molar refractivity (Wildman–Crippen MR) is 59.6 cm³/mol. The summed E-state index contributed by atoms with van der Waals surface area (Å²) in [6, 6.07) is 5.91. The molecule has 0 spiro atoms. The van der Waals surface area contributed by atoms with Crippen LogP contribution in [0.4, 0.5) is 5.69 Å². The van der Waals surface area contributed by atoms with Gasteiger partial charge in [0.15, 0.2) is 0 Å². The SMILES string of the molecule is CCC[C@H](N)C(=O)Nc1cccc(O)c1. The molecule has 0 bridgehead atoms. The summed E-state index contributed by atoms with van der Waals surface area (Å²) < 4.78 is 0. The lowest BCUT2D eigenvalue weighted by atomic mass is 10.1. The van der Waals surface area contributed by atoms with Crippen LogP contribution in [0.25, 0.3) is 0 Å². The van der Waals surface area contributed by atoms with Gasteiger partial charge in [-0.3, -0.25) is 4.79 Å². The van der Waals surface area contributed by atoms with Crippen molar-refractivity contribution in [2.45, 2.75) is 25.8 Å². The number of hydrogen-bond donors (Lipinski definition) is 3. The Balaban J connectivity index is 2.58. The number of phenols is 1. The Hall–Kier alpha value is -1.55. The third-order valence-electron chi connectivity index (χ3n) is 2.05. The average molecular weight is 208 g/mol. The molecule has 4 nitrogen and oxygen atoms in total. The predicted octanol–water partition coefficient (Wildman–Crippen LogP) is 1.46. The summed E-state index contributed by atoms with van der Waals surface area (Å²) in [6.07, 6.45) is 1.53. The van der Waals surface area contributed by atoms with E-state index in [0.717, 1.165) is 6.42 Å². The van der Waals surface area contributed by atoms with Crippen LogP contribution in [-0.2, 0) is 4.79 Å². The van der Waals surface area contributed by atoms with Crippen LogP contribution in [-0.4, -0.2) is 17.1 Å². The summed E-state index contributed by atoms with van der Waals surface area (Å²) in [6.45, 7) is 1.97. The van der Waals surface area contributed by atoms with Crippen molar-refractivity contribution in [1.29, 1.82) is 0 Å². The second-order valence-electron chi connectivity index (χ2n) is 3.43. The molecule has 4 N–H and O–H groups in total. The van der Waals surface area contributed by atoms with Crippen LogP contribution >= 0.6 is 0 Å². The number of rotatable bonds is 4. The zero-order valence-electron chi connectivity index (χ0n) is 8.73. The van der Waals surface area contributed by atoms with Gasteiger partial charge in [-0.05, 0) is 18.6 Å². The summed E-state index contributed by atoms with van der Waals surface area (Å²) in [7, 11) is 0. The minimum atomic E-state index is -0.489. The van der Waals surface area contributed by atoms with Crippen LogP contribution in [0, 0.1) is 0 Å². The van der Waals surface area contributed by atoms with E-state index in [0.29, 0.717) is 12.1 Å². The van der Waals surface area contributed by atoms with E-state index in [1.54, 1.807) is 18.2 Å². The van der Waals surface area contributed by atoms with E-state index in [1.165, 1.54) is 6.07 Å². The van der Waals surface area contributed by atoms with Gasteiger partial charge in [0.1, 0.15) is 5.75 Å². The minimum absolute atomic E-state index is 0.122. The van der Waals surface area contributed by atoms with E-state index in [-0.39, 0.29) is 11.7 Å². The van der Waals surface area contributed by atoms with Crippen molar-refractivity contribution in [3.8, 4) is 5.75 Å². The fourth-order valence-corrected chi connectivity index (χ4v) is 1.26. The van der Waals surface area contributed by atoms with E-state index in [2.05, 4.69) is 5.32 Å². The monoisotopic (exact) mass is 208 g/mol. The first-order valence-corrected chi connectivity index (χ1v) is 4.99. The van der Waals surface area contributed by atoms with E-state index in [4.69, 9.17) is 5.73 Å². The van der Waals surface area contributed by atoms with Gasteiger partial charge in [-0.15, -0.1) is 0 Å². The van der Waals surface area contributed by atoms with Gasteiger partial charge >= 0.3 is 0 Å². The molecular weight excluding hydrogens is 192 g/mol. The molecule has 82 valence electrons. The lowest BCUT2D eigenvalue weighted by Gasteiger charge is -2.11. The van der Waals surface area contributed by atoms with E-state index in [1.807, 2.05) is 6.92 Å². The molecule has 0 aliphatic carbocycles. The van der Waals surface area contributed by atoms with Gasteiger partial charge in [0.2, 0.25) is 5.91 Å². The number of carbonyl (C=O) groups excluding carboxylic acids is 1. The summed E-state index contributed by atoms with van der Waals surface area (Å²) >= 11 is 0. The standard InChI is InChI=1S/C11H16N2O2/c1-2-4-10(12)11(15)13-8-5-3-6-9(14)7-8/h3,5-7,10,14H,2,4,12H2,1H3,(H,13,15)/t10-/m0/s1. The van der Waals surface area contributed by atoms with Crippen LogP contribution in [0.15, 0.2) is 24.3 Å². The fourth-order valence-electron chi connectivity index (χ4n) is 1.26. The molecule has 0 heterocycles. The number of nitrogens with two attached hydrogens (primary N) is 1. The van der Waals surface area contributed by atoms with Crippen molar-refractivity contribution in [2.75, 3.05) is 5.32 Å². The Morgan fingerprint density at radius 3 is 2.93 bits per heavy atom. The lowest BCUT2D eigenvalue weighted by molar-refractivity contribution is -0.117. The number of aromatic hydroxyl groups is 1. The number of carbonyl (C=O) groups is 1. The molecule has 1 rings (SSSR count). The molecule has 15 heavy (non-hydrogen) atoms. The lowest BCUT2D eigenvalue weighted by Crippen LogP contribution is -2.35. The molecule has 0 unspecified atom stereocenters. The molecule has 0 aliphatic heterocycles. The van der Waals surface area contributed by atoms with Crippen LogP contribution in [0.2, 0.25) is 0 Å². The molecule has 1 atom stereocenters. The Labute approximate surface area is 89.1 Å². The summed E-state index contributed by atoms with van der Waals surface area (Å²) in [5.74, 6) is -0.0979. The quantitative estimate of drug-likeness (QED) is 0.701. The van der Waals surface area contributed by atoms with Crippen molar-refractivity contribution in [1.82, 2.24) is 0 Å². The molecule has 1 aromatic rings. The van der Waals surface area contributed by atoms with E-state index < -0.39 is 6.04 Å². The summed E-state index contributed by atoms with van der Waals surface area (Å²) in [5, 5.41) is 11.8. The van der Waals surface area contributed by atoms with Gasteiger partial charge in [0, 0.05) is 11.8 Å². The molecule has 4 heteroatoms. The first-order valence-electron chi connectivity index (χ1n) is 4.99. The molecule has 0 aliphatic rings. The Morgan fingerprint density at radius 2 is 2.33 bits per heavy atom. The van der Waals surface area contributed by atoms with Crippen LogP contribution in [0.5, 0.6) is 5.75 Å². The molecule has 1 aromatic carbocycles. The fraction of sp³-hybridized carbons (Fsp3) is 0.364. The second kappa shape index (κ2) is 5.36. The Morgan fingerprint density at radius 1 is 1.60 bits per heavy atom. The number of phenolic OH excluding ortho intramolecular Hbond substituents is 1. The number of benzene rings is 1. The zero-order valence-corrected chi connectivity index (χ0v) is 8.73. The number of amides is 1. The normalized spacial score (nSPS) is 12.1. The highest BCUT2D eigenvalue weighted by Crippen LogP contribution is 2.15. The van der Waals surface area contributed by atoms with Gasteiger partial charge in [-0.25, -0.2) is 0 Å². The molecule has 0 fully saturated rings. The van der Waals surface area contributed by atoms with Crippen LogP contribution < -0.4 is 11.1 Å². The van der Waals surface area contributed by atoms with Crippen LogP contribution in [0.3, 0.4) is 0 Å². The van der Waals surface area contributed by atoms with Crippen molar-refractivity contribution >= 4 is 11.6 Å². The maximum absolute atomic E-state index is 11.5. The third kappa shape index (κ3) is 3.59. The molecule has 0 radical (unpaired) electrons. The number of hydrogen-bond acceptors (Lipinski definition) is 3. The Kier molecular flexibility index (Phi) is 4.12. The highest BCUT2D eigenvalue weighted by Gasteiger charge is 2.11. The topological polar surface area (TPSA) is 75.4 Å². The van der Waals surface area contributed by atoms with Crippen LogP contribution in [0.1, 0.15) is 19.8 Å². The van der Waals surface area contributed by atoms with E-state index >= 15 is 0 Å². The smallest absolute Gasteiger partial charge is 0.241 e.